The maximum Gasteiger partial charge on any atom is 0.130 e. The van der Waals surface area contributed by atoms with E-state index in [0.717, 1.165) is 11.1 Å². The van der Waals surface area contributed by atoms with Gasteiger partial charge in [0.15, 0.2) is 0 Å². The zero-order valence-electron chi connectivity index (χ0n) is 19.8. The minimum absolute atomic E-state index is 0.215. The third-order valence-electron chi connectivity index (χ3n) is 5.11. The highest BCUT2D eigenvalue weighted by atomic mass is 16.4. The molecule has 0 aliphatic carbocycles. The standard InChI is InChI=1S/2C10H15NO.C4H6O6/c2*1-8(11-2)10(12)9-6-4-3-5-7-9;5-1(3(7)8)2(6)4(9)10/h2*3-8,10-12H,1-2H3;1-2,5-6H,(H,7,8)(H,9,10)/t;;1-,2?/m..1/s1. The van der Waals surface area contributed by atoms with Crippen molar-refractivity contribution in [1.29, 1.82) is 0 Å². The van der Waals surface area contributed by atoms with Crippen molar-refractivity contribution < 1.29 is 50.9 Å². The van der Waals surface area contributed by atoms with Crippen LogP contribution in [0.4, 0.5) is 0 Å². The van der Waals surface area contributed by atoms with E-state index in [-0.39, 0.29) is 24.3 Å². The second kappa shape index (κ2) is 16.7. The van der Waals surface area contributed by atoms with E-state index in [1.54, 1.807) is 0 Å². The van der Waals surface area contributed by atoms with Gasteiger partial charge in [-0.15, -0.1) is 0 Å². The van der Waals surface area contributed by atoms with Gasteiger partial charge in [0, 0.05) is 0 Å². The molecule has 34 heavy (non-hydrogen) atoms. The fraction of sp³-hybridized carbons (Fsp3) is 0.417. The van der Waals surface area contributed by atoms with Crippen LogP contribution in [0.15, 0.2) is 60.7 Å². The number of hydrogen-bond donors (Lipinski definition) is 6. The highest BCUT2D eigenvalue weighted by Gasteiger charge is 2.18. The number of carbonyl (C=O) groups excluding carboxylic acids is 2. The predicted octanol–water partition coefficient (Wildman–Crippen LogP) is -4.19. The lowest BCUT2D eigenvalue weighted by Crippen LogP contribution is -2.86. The van der Waals surface area contributed by atoms with Crippen LogP contribution in [0.1, 0.15) is 37.2 Å². The molecule has 0 spiro atoms. The zero-order chi connectivity index (χ0) is 26.3. The number of hydrogen-bond acceptors (Lipinski definition) is 8. The average molecular weight is 481 g/mol. The summed E-state index contributed by atoms with van der Waals surface area (Å²) in [5.41, 5.74) is 1.98. The number of aliphatic hydroxyl groups excluding tert-OH is 4. The van der Waals surface area contributed by atoms with E-state index in [0.29, 0.717) is 0 Å². The molecule has 10 nitrogen and oxygen atoms in total. The summed E-state index contributed by atoms with van der Waals surface area (Å²) in [6.07, 6.45) is -5.61. The van der Waals surface area contributed by atoms with Crippen LogP contribution in [0.3, 0.4) is 0 Å². The molecule has 0 saturated heterocycles. The van der Waals surface area contributed by atoms with E-state index >= 15 is 0 Å². The molecule has 190 valence electrons. The van der Waals surface area contributed by atoms with E-state index < -0.39 is 24.1 Å². The molecule has 8 N–H and O–H groups in total. The normalized spacial score (nSPS) is 15.6. The first-order valence-corrected chi connectivity index (χ1v) is 10.8. The SMILES string of the molecule is C[NH2+]C(C)C(O)c1ccccc1.C[NH2+]C(C)C(O)c1ccccc1.O=C([O-])C(O)[C@@H](O)C(=O)[O-]. The van der Waals surface area contributed by atoms with Crippen LogP contribution in [0, 0.1) is 0 Å². The quantitative estimate of drug-likeness (QED) is 0.208. The minimum Gasteiger partial charge on any atom is -0.547 e. The molecule has 0 bridgehead atoms. The Morgan fingerprint density at radius 1 is 0.647 bits per heavy atom. The van der Waals surface area contributed by atoms with Gasteiger partial charge in [0.05, 0.1) is 26.0 Å². The average Bonchev–Trinajstić information content (AvgIpc) is 2.87. The summed E-state index contributed by atoms with van der Waals surface area (Å²) >= 11 is 0. The second-order valence-corrected chi connectivity index (χ2v) is 7.62. The van der Waals surface area contributed by atoms with E-state index in [2.05, 4.69) is 0 Å². The number of aliphatic hydroxyl groups is 4. The number of rotatable bonds is 9. The smallest absolute Gasteiger partial charge is 0.130 e. The highest BCUT2D eigenvalue weighted by Crippen LogP contribution is 2.14. The molecule has 10 heteroatoms. The summed E-state index contributed by atoms with van der Waals surface area (Å²) in [6, 6.07) is 19.9. The van der Waals surface area contributed by atoms with E-state index in [9.17, 15) is 30.0 Å². The van der Waals surface area contributed by atoms with Gasteiger partial charge in [0.2, 0.25) is 0 Å². The van der Waals surface area contributed by atoms with Crippen LogP contribution < -0.4 is 20.8 Å². The van der Waals surface area contributed by atoms with Crippen LogP contribution in [0.5, 0.6) is 0 Å². The molecular formula is C24H36N2O8. The third-order valence-corrected chi connectivity index (χ3v) is 5.11. The maximum absolute atomic E-state index is 9.76. The Hall–Kier alpha value is -2.86. The van der Waals surface area contributed by atoms with Gasteiger partial charge in [-0.25, -0.2) is 0 Å². The lowest BCUT2D eigenvalue weighted by atomic mass is 10.0. The molecule has 0 fully saturated rings. The molecule has 5 unspecified atom stereocenters. The van der Waals surface area contributed by atoms with E-state index in [1.807, 2.05) is 99.2 Å². The predicted molar refractivity (Wildman–Crippen MR) is 119 cm³/mol. The van der Waals surface area contributed by atoms with Crippen molar-refractivity contribution in [2.75, 3.05) is 14.1 Å². The Morgan fingerprint density at radius 2 is 0.912 bits per heavy atom. The van der Waals surface area contributed by atoms with Crippen LogP contribution in [-0.4, -0.2) is 70.8 Å². The summed E-state index contributed by atoms with van der Waals surface area (Å²) in [5, 5.41) is 59.3. The molecule has 0 aliphatic heterocycles. The molecule has 0 heterocycles. The van der Waals surface area contributed by atoms with Gasteiger partial charge in [-0.05, 0) is 25.0 Å². The number of carbonyl (C=O) groups is 2. The summed E-state index contributed by atoms with van der Waals surface area (Å²) in [7, 11) is 3.94. The fourth-order valence-corrected chi connectivity index (χ4v) is 2.53. The Labute approximate surface area is 199 Å². The second-order valence-electron chi connectivity index (χ2n) is 7.62. The molecule has 0 aliphatic rings. The number of carboxylic acids is 2. The summed E-state index contributed by atoms with van der Waals surface area (Å²) in [6.45, 7) is 4.02. The van der Waals surface area contributed by atoms with Crippen LogP contribution in [0.25, 0.3) is 0 Å². The van der Waals surface area contributed by atoms with Gasteiger partial charge < -0.3 is 50.9 Å². The van der Waals surface area contributed by atoms with Gasteiger partial charge in [0.1, 0.15) is 36.5 Å². The zero-order valence-corrected chi connectivity index (χ0v) is 19.8. The van der Waals surface area contributed by atoms with Crippen LogP contribution >= 0.6 is 0 Å². The van der Waals surface area contributed by atoms with E-state index in [4.69, 9.17) is 10.2 Å². The topological polar surface area (TPSA) is 194 Å². The van der Waals surface area contributed by atoms with Crippen molar-refractivity contribution in [3.8, 4) is 0 Å². The molecule has 2 rings (SSSR count). The summed E-state index contributed by atoms with van der Waals surface area (Å²) in [4.78, 5) is 19.3. The van der Waals surface area contributed by atoms with Gasteiger partial charge >= 0.3 is 0 Å². The largest absolute Gasteiger partial charge is 0.547 e. The molecule has 2 aromatic rings. The first kappa shape index (κ1) is 31.1. The first-order valence-electron chi connectivity index (χ1n) is 10.8. The van der Waals surface area contributed by atoms with Crippen molar-refractivity contribution >= 4 is 11.9 Å². The highest BCUT2D eigenvalue weighted by molar-refractivity contribution is 5.80. The Morgan fingerprint density at radius 3 is 1.12 bits per heavy atom. The maximum atomic E-state index is 9.76. The Balaban J connectivity index is 0.000000484. The van der Waals surface area contributed by atoms with Gasteiger partial charge in [-0.3, -0.25) is 0 Å². The Kier molecular flexibility index (Phi) is 15.3. The molecule has 0 amide bonds. The number of quaternary nitrogens is 2. The summed E-state index contributed by atoms with van der Waals surface area (Å²) < 4.78 is 0. The molecule has 0 aromatic heterocycles. The molecule has 0 radical (unpaired) electrons. The molecule has 0 saturated carbocycles. The van der Waals surface area contributed by atoms with Crippen molar-refractivity contribution in [3.63, 3.8) is 0 Å². The van der Waals surface area contributed by atoms with Crippen LogP contribution in [-0.2, 0) is 9.59 Å². The fourth-order valence-electron chi connectivity index (χ4n) is 2.53. The lowest BCUT2D eigenvalue weighted by Gasteiger charge is -2.18. The number of benzene rings is 2. The third kappa shape index (κ3) is 11.3. The van der Waals surface area contributed by atoms with Gasteiger partial charge in [-0.2, -0.15) is 0 Å². The van der Waals surface area contributed by atoms with Gasteiger partial charge in [0.25, 0.3) is 0 Å². The number of nitrogens with two attached hydrogens (primary N) is 2. The van der Waals surface area contributed by atoms with Gasteiger partial charge in [-0.1, -0.05) is 60.7 Å². The Bertz CT molecular complexity index is 753. The van der Waals surface area contributed by atoms with Crippen molar-refractivity contribution in [2.45, 2.75) is 50.3 Å². The van der Waals surface area contributed by atoms with E-state index in [1.165, 1.54) is 0 Å². The molecular weight excluding hydrogens is 444 g/mol. The molecule has 6 atom stereocenters. The lowest BCUT2D eigenvalue weighted by molar-refractivity contribution is -0.669. The summed E-state index contributed by atoms with van der Waals surface area (Å²) in [5.74, 6) is -4.12. The van der Waals surface area contributed by atoms with Crippen molar-refractivity contribution in [2.24, 2.45) is 0 Å². The van der Waals surface area contributed by atoms with Crippen molar-refractivity contribution in [1.82, 2.24) is 0 Å². The number of aliphatic carboxylic acids is 2. The van der Waals surface area contributed by atoms with Crippen molar-refractivity contribution in [3.05, 3.63) is 71.8 Å². The minimum atomic E-state index is -2.44. The number of carboxylic acid groups (broad SMARTS) is 2. The monoisotopic (exact) mass is 480 g/mol. The van der Waals surface area contributed by atoms with Crippen LogP contribution in [0.2, 0.25) is 0 Å². The first-order chi connectivity index (χ1) is 16.0. The molecule has 2 aromatic carbocycles. The number of likely N-dealkylation sites (N-methyl/N-ethyl adjacent to an activating group) is 2.